The van der Waals surface area contributed by atoms with Gasteiger partial charge in [-0.05, 0) is 26.7 Å². The van der Waals surface area contributed by atoms with E-state index in [0.29, 0.717) is 12.8 Å². The summed E-state index contributed by atoms with van der Waals surface area (Å²) in [5.74, 6) is 0. The molecule has 0 heterocycles. The summed E-state index contributed by atoms with van der Waals surface area (Å²) in [6.45, 7) is 5.58. The topological polar surface area (TPSA) is 83.6 Å². The minimum absolute atomic E-state index is 0.00199. The van der Waals surface area contributed by atoms with Crippen LogP contribution in [-0.4, -0.2) is 47.3 Å². The number of hydrogen-bond acceptors (Lipinski definition) is 4. The molecule has 7 heteroatoms. The standard InChI is InChI=1S/C10H22N2O3S2/c1-4-9(10(11)16)17(14,15)12(8(2)3)6-5-7-13/h8-9,13H,4-7H2,1-3H3,(H2,11,16). The first kappa shape index (κ1) is 16.8. The number of rotatable bonds is 8. The Hall–Kier alpha value is -0.240. The molecule has 0 aliphatic rings. The highest BCUT2D eigenvalue weighted by Crippen LogP contribution is 2.16. The highest BCUT2D eigenvalue weighted by molar-refractivity contribution is 7.92. The summed E-state index contributed by atoms with van der Waals surface area (Å²) in [5.41, 5.74) is 5.48. The van der Waals surface area contributed by atoms with Gasteiger partial charge in [0.25, 0.3) is 0 Å². The largest absolute Gasteiger partial charge is 0.396 e. The molecule has 0 aromatic heterocycles. The summed E-state index contributed by atoms with van der Waals surface area (Å²) in [6, 6.07) is -0.171. The van der Waals surface area contributed by atoms with E-state index < -0.39 is 15.3 Å². The van der Waals surface area contributed by atoms with E-state index in [1.807, 2.05) is 0 Å². The predicted octanol–water partition coefficient (Wildman–Crippen LogP) is 0.474. The third kappa shape index (κ3) is 4.50. The molecule has 102 valence electrons. The molecule has 0 aromatic rings. The smallest absolute Gasteiger partial charge is 0.223 e. The first-order valence-electron chi connectivity index (χ1n) is 5.69. The van der Waals surface area contributed by atoms with E-state index in [2.05, 4.69) is 0 Å². The van der Waals surface area contributed by atoms with Crippen molar-refractivity contribution in [1.82, 2.24) is 4.31 Å². The molecular weight excluding hydrogens is 260 g/mol. The first-order chi connectivity index (χ1) is 7.78. The van der Waals surface area contributed by atoms with Crippen molar-refractivity contribution in [2.45, 2.75) is 44.9 Å². The van der Waals surface area contributed by atoms with E-state index in [9.17, 15) is 8.42 Å². The molecule has 0 fully saturated rings. The van der Waals surface area contributed by atoms with Gasteiger partial charge in [0.1, 0.15) is 5.25 Å². The van der Waals surface area contributed by atoms with E-state index >= 15 is 0 Å². The molecule has 0 aliphatic carbocycles. The first-order valence-corrected chi connectivity index (χ1v) is 7.61. The van der Waals surface area contributed by atoms with Crippen LogP contribution in [0.5, 0.6) is 0 Å². The number of nitrogens with two attached hydrogens (primary N) is 1. The number of aliphatic hydroxyl groups is 1. The van der Waals surface area contributed by atoms with Crippen LogP contribution in [-0.2, 0) is 10.0 Å². The van der Waals surface area contributed by atoms with Crippen molar-refractivity contribution in [1.29, 1.82) is 0 Å². The van der Waals surface area contributed by atoms with E-state index in [4.69, 9.17) is 23.1 Å². The fourth-order valence-corrected chi connectivity index (χ4v) is 4.17. The second-order valence-electron chi connectivity index (χ2n) is 4.13. The third-order valence-electron chi connectivity index (χ3n) is 2.49. The van der Waals surface area contributed by atoms with Gasteiger partial charge in [0, 0.05) is 19.2 Å². The zero-order chi connectivity index (χ0) is 13.6. The number of aliphatic hydroxyl groups excluding tert-OH is 1. The third-order valence-corrected chi connectivity index (χ3v) is 5.49. The average Bonchev–Trinajstić information content (AvgIpc) is 2.16. The van der Waals surface area contributed by atoms with Gasteiger partial charge in [-0.25, -0.2) is 8.42 Å². The molecular formula is C10H22N2O3S2. The molecule has 0 spiro atoms. The van der Waals surface area contributed by atoms with Crippen molar-refractivity contribution in [3.63, 3.8) is 0 Å². The monoisotopic (exact) mass is 282 g/mol. The molecule has 1 atom stereocenters. The van der Waals surface area contributed by atoms with Gasteiger partial charge in [-0.3, -0.25) is 0 Å². The summed E-state index contributed by atoms with van der Waals surface area (Å²) in [7, 11) is -3.53. The number of nitrogens with zero attached hydrogens (tertiary/aromatic N) is 1. The summed E-state index contributed by atoms with van der Waals surface area (Å²) in [4.78, 5) is 0.00199. The average molecular weight is 282 g/mol. The lowest BCUT2D eigenvalue weighted by Crippen LogP contribution is -2.47. The predicted molar refractivity (Wildman–Crippen MR) is 73.3 cm³/mol. The highest BCUT2D eigenvalue weighted by Gasteiger charge is 2.33. The Morgan fingerprint density at radius 3 is 2.29 bits per heavy atom. The summed E-state index contributed by atoms with van der Waals surface area (Å²) in [6.07, 6.45) is 0.769. The molecule has 0 bridgehead atoms. The van der Waals surface area contributed by atoms with Crippen LogP contribution in [0.4, 0.5) is 0 Å². The molecule has 1 unspecified atom stereocenters. The number of hydrogen-bond donors (Lipinski definition) is 2. The van der Waals surface area contributed by atoms with Crippen LogP contribution in [0.1, 0.15) is 33.6 Å². The Labute approximate surface area is 109 Å². The molecule has 0 saturated heterocycles. The minimum Gasteiger partial charge on any atom is -0.396 e. The molecule has 0 aromatic carbocycles. The SMILES string of the molecule is CCC(C(N)=S)S(=O)(=O)N(CCCO)C(C)C. The Morgan fingerprint density at radius 1 is 1.47 bits per heavy atom. The maximum Gasteiger partial charge on any atom is 0.223 e. The minimum atomic E-state index is -3.53. The summed E-state index contributed by atoms with van der Waals surface area (Å²) in [5, 5.41) is 7.97. The van der Waals surface area contributed by atoms with Gasteiger partial charge in [-0.1, -0.05) is 19.1 Å². The number of sulfonamides is 1. The van der Waals surface area contributed by atoms with E-state index in [1.54, 1.807) is 20.8 Å². The van der Waals surface area contributed by atoms with Gasteiger partial charge in [0.2, 0.25) is 10.0 Å². The van der Waals surface area contributed by atoms with Crippen LogP contribution in [0.3, 0.4) is 0 Å². The van der Waals surface area contributed by atoms with Gasteiger partial charge >= 0.3 is 0 Å². The van der Waals surface area contributed by atoms with Crippen molar-refractivity contribution < 1.29 is 13.5 Å². The molecule has 5 nitrogen and oxygen atoms in total. The van der Waals surface area contributed by atoms with E-state index in [1.165, 1.54) is 4.31 Å². The summed E-state index contributed by atoms with van der Waals surface area (Å²) >= 11 is 4.81. The highest BCUT2D eigenvalue weighted by atomic mass is 32.2. The van der Waals surface area contributed by atoms with Crippen LogP contribution in [0.25, 0.3) is 0 Å². The zero-order valence-electron chi connectivity index (χ0n) is 10.6. The fraction of sp³-hybridized carbons (Fsp3) is 0.900. The maximum atomic E-state index is 12.3. The molecule has 0 rings (SSSR count). The van der Waals surface area contributed by atoms with Crippen LogP contribution in [0.15, 0.2) is 0 Å². The van der Waals surface area contributed by atoms with Crippen molar-refractivity contribution in [2.75, 3.05) is 13.2 Å². The molecule has 0 radical (unpaired) electrons. The maximum absolute atomic E-state index is 12.3. The van der Waals surface area contributed by atoms with Crippen LogP contribution in [0.2, 0.25) is 0 Å². The van der Waals surface area contributed by atoms with Crippen LogP contribution in [0, 0.1) is 0 Å². The van der Waals surface area contributed by atoms with Crippen LogP contribution >= 0.6 is 12.2 Å². The molecule has 0 saturated carbocycles. The van der Waals surface area contributed by atoms with Crippen molar-refractivity contribution in [3.05, 3.63) is 0 Å². The lowest BCUT2D eigenvalue weighted by atomic mass is 10.3. The second kappa shape index (κ2) is 7.25. The molecule has 3 N–H and O–H groups in total. The Kier molecular flexibility index (Phi) is 7.15. The van der Waals surface area contributed by atoms with E-state index in [0.717, 1.165) is 0 Å². The number of thiocarbonyl (C=S) groups is 1. The van der Waals surface area contributed by atoms with Gasteiger partial charge in [-0.2, -0.15) is 4.31 Å². The van der Waals surface area contributed by atoms with Crippen molar-refractivity contribution >= 4 is 27.2 Å². The normalized spacial score (nSPS) is 14.2. The van der Waals surface area contributed by atoms with Gasteiger partial charge in [0.05, 0.1) is 4.99 Å². The van der Waals surface area contributed by atoms with Crippen LogP contribution < -0.4 is 5.73 Å². The summed E-state index contributed by atoms with van der Waals surface area (Å²) < 4.78 is 26.0. The Balaban J connectivity index is 5.13. The van der Waals surface area contributed by atoms with Gasteiger partial charge < -0.3 is 10.8 Å². The quantitative estimate of drug-likeness (QED) is 0.632. The van der Waals surface area contributed by atoms with Crippen molar-refractivity contribution in [2.24, 2.45) is 5.73 Å². The molecule has 0 amide bonds. The lowest BCUT2D eigenvalue weighted by Gasteiger charge is -2.29. The Morgan fingerprint density at radius 2 is 2.00 bits per heavy atom. The second-order valence-corrected chi connectivity index (χ2v) is 6.67. The zero-order valence-corrected chi connectivity index (χ0v) is 12.2. The van der Waals surface area contributed by atoms with Gasteiger partial charge in [0.15, 0.2) is 0 Å². The molecule has 17 heavy (non-hydrogen) atoms. The van der Waals surface area contributed by atoms with E-state index in [-0.39, 0.29) is 24.2 Å². The Bertz CT molecular complexity index is 341. The fourth-order valence-electron chi connectivity index (χ4n) is 1.63. The van der Waals surface area contributed by atoms with Gasteiger partial charge in [-0.15, -0.1) is 0 Å². The van der Waals surface area contributed by atoms with Crippen molar-refractivity contribution in [3.8, 4) is 0 Å². The molecule has 0 aliphatic heterocycles. The lowest BCUT2D eigenvalue weighted by molar-refractivity contribution is 0.258.